The minimum Gasteiger partial charge on any atom is -0.489 e. The molecule has 0 saturated heterocycles. The SMILES string of the molecule is C[C@]12CC[C@@H]3c4ccc(OCc5ccccc5)cc4CC[C@H]3[C@@H]1CC[C@H]2Oc1cc([N+](=O)[O-])ccc1C(=O)O. The van der Waals surface area contributed by atoms with Crippen molar-refractivity contribution in [1.29, 1.82) is 0 Å². The minimum absolute atomic E-state index is 0.0294. The van der Waals surface area contributed by atoms with Crippen LogP contribution < -0.4 is 9.47 Å². The summed E-state index contributed by atoms with van der Waals surface area (Å²) in [5, 5.41) is 21.0. The largest absolute Gasteiger partial charge is 0.489 e. The second-order valence-corrected chi connectivity index (χ2v) is 11.5. The van der Waals surface area contributed by atoms with Crippen LogP contribution in [0, 0.1) is 27.4 Å². The molecule has 0 amide bonds. The van der Waals surface area contributed by atoms with E-state index in [4.69, 9.17) is 9.47 Å². The molecule has 0 radical (unpaired) electrons. The van der Waals surface area contributed by atoms with Crippen LogP contribution in [0.4, 0.5) is 5.69 Å². The fraction of sp³-hybridized carbons (Fsp3) is 0.406. The maximum atomic E-state index is 11.8. The second kappa shape index (κ2) is 10.0. The van der Waals surface area contributed by atoms with Crippen molar-refractivity contribution in [1.82, 2.24) is 0 Å². The van der Waals surface area contributed by atoms with Gasteiger partial charge in [0.25, 0.3) is 5.69 Å². The van der Waals surface area contributed by atoms with Gasteiger partial charge in [0.1, 0.15) is 29.8 Å². The Morgan fingerprint density at radius 2 is 1.87 bits per heavy atom. The Balaban J connectivity index is 1.19. The second-order valence-electron chi connectivity index (χ2n) is 11.5. The van der Waals surface area contributed by atoms with E-state index < -0.39 is 10.9 Å². The molecule has 3 aliphatic carbocycles. The maximum Gasteiger partial charge on any atom is 0.339 e. The molecule has 0 heterocycles. The molecule has 3 aromatic carbocycles. The number of nitro groups is 1. The number of rotatable bonds is 7. The van der Waals surface area contributed by atoms with E-state index in [2.05, 4.69) is 37.3 Å². The summed E-state index contributed by atoms with van der Waals surface area (Å²) >= 11 is 0. The number of benzene rings is 3. The van der Waals surface area contributed by atoms with E-state index in [1.54, 1.807) is 0 Å². The molecule has 0 aromatic heterocycles. The number of nitro benzene ring substituents is 1. The monoisotopic (exact) mass is 527 g/mol. The summed E-state index contributed by atoms with van der Waals surface area (Å²) < 4.78 is 12.5. The predicted octanol–water partition coefficient (Wildman–Crippen LogP) is 7.18. The van der Waals surface area contributed by atoms with Gasteiger partial charge in [-0.2, -0.15) is 0 Å². The van der Waals surface area contributed by atoms with Crippen LogP contribution in [0.1, 0.15) is 72.0 Å². The van der Waals surface area contributed by atoms with Crippen molar-refractivity contribution in [3.05, 3.63) is 99.1 Å². The van der Waals surface area contributed by atoms with E-state index >= 15 is 0 Å². The van der Waals surface area contributed by atoms with Crippen molar-refractivity contribution < 1.29 is 24.3 Å². The smallest absolute Gasteiger partial charge is 0.339 e. The summed E-state index contributed by atoms with van der Waals surface area (Å²) in [6, 6.07) is 20.5. The van der Waals surface area contributed by atoms with Gasteiger partial charge in [0.2, 0.25) is 0 Å². The van der Waals surface area contributed by atoms with Gasteiger partial charge >= 0.3 is 5.97 Å². The zero-order valence-electron chi connectivity index (χ0n) is 22.0. The quantitative estimate of drug-likeness (QED) is 0.258. The number of aryl methyl sites for hydroxylation is 1. The Kier molecular flexibility index (Phi) is 6.53. The topological polar surface area (TPSA) is 98.9 Å². The average molecular weight is 528 g/mol. The molecule has 0 spiro atoms. The van der Waals surface area contributed by atoms with Crippen molar-refractivity contribution in [2.24, 2.45) is 17.3 Å². The van der Waals surface area contributed by atoms with Crippen molar-refractivity contribution in [3.63, 3.8) is 0 Å². The number of ether oxygens (including phenoxy) is 2. The van der Waals surface area contributed by atoms with Crippen LogP contribution in [-0.2, 0) is 13.0 Å². The van der Waals surface area contributed by atoms with Gasteiger partial charge < -0.3 is 14.6 Å². The number of aromatic carboxylic acids is 1. The van der Waals surface area contributed by atoms with Crippen molar-refractivity contribution in [2.75, 3.05) is 0 Å². The molecule has 3 aromatic rings. The number of hydrogen-bond acceptors (Lipinski definition) is 5. The summed E-state index contributed by atoms with van der Waals surface area (Å²) in [4.78, 5) is 22.6. The van der Waals surface area contributed by atoms with Gasteiger partial charge in [-0.1, -0.05) is 43.3 Å². The Labute approximate surface area is 227 Å². The van der Waals surface area contributed by atoms with Gasteiger partial charge in [0, 0.05) is 11.5 Å². The lowest BCUT2D eigenvalue weighted by Crippen LogP contribution is -2.45. The fourth-order valence-electron chi connectivity index (χ4n) is 7.59. The van der Waals surface area contributed by atoms with Crippen molar-refractivity contribution >= 4 is 11.7 Å². The van der Waals surface area contributed by atoms with Gasteiger partial charge in [-0.3, -0.25) is 10.1 Å². The summed E-state index contributed by atoms with van der Waals surface area (Å²) in [6.45, 7) is 2.83. The van der Waals surface area contributed by atoms with Crippen LogP contribution in [0.2, 0.25) is 0 Å². The van der Waals surface area contributed by atoms with Crippen LogP contribution in [-0.4, -0.2) is 22.1 Å². The molecule has 0 bridgehead atoms. The number of carbonyl (C=O) groups is 1. The molecule has 39 heavy (non-hydrogen) atoms. The van der Waals surface area contributed by atoms with E-state index in [-0.39, 0.29) is 28.5 Å². The first-order valence-electron chi connectivity index (χ1n) is 13.8. The van der Waals surface area contributed by atoms with E-state index in [0.29, 0.717) is 24.4 Å². The van der Waals surface area contributed by atoms with Gasteiger partial charge in [0.15, 0.2) is 0 Å². The Bertz CT molecular complexity index is 1410. The number of carboxylic acid groups (broad SMARTS) is 1. The Hall–Kier alpha value is -3.87. The summed E-state index contributed by atoms with van der Waals surface area (Å²) in [5.74, 6) is 1.39. The lowest BCUT2D eigenvalue weighted by atomic mass is 9.55. The fourth-order valence-corrected chi connectivity index (χ4v) is 7.59. The van der Waals surface area contributed by atoms with E-state index in [0.717, 1.165) is 49.8 Å². The number of hydrogen-bond donors (Lipinski definition) is 1. The highest BCUT2D eigenvalue weighted by Crippen LogP contribution is 2.61. The predicted molar refractivity (Wildman–Crippen MR) is 146 cm³/mol. The first-order valence-corrected chi connectivity index (χ1v) is 13.8. The lowest BCUT2D eigenvalue weighted by Gasteiger charge is -2.50. The van der Waals surface area contributed by atoms with Crippen LogP contribution in [0.25, 0.3) is 0 Å². The van der Waals surface area contributed by atoms with Crippen LogP contribution in [0.5, 0.6) is 11.5 Å². The van der Waals surface area contributed by atoms with Crippen molar-refractivity contribution in [3.8, 4) is 11.5 Å². The number of non-ortho nitro benzene ring substituents is 1. The average Bonchev–Trinajstić information content (AvgIpc) is 3.27. The molecular weight excluding hydrogens is 494 g/mol. The third kappa shape index (κ3) is 4.64. The van der Waals surface area contributed by atoms with Crippen molar-refractivity contribution in [2.45, 2.75) is 64.1 Å². The molecule has 0 unspecified atom stereocenters. The highest BCUT2D eigenvalue weighted by atomic mass is 16.6. The summed E-state index contributed by atoms with van der Waals surface area (Å²) in [6.07, 6.45) is 5.84. The molecule has 3 aliphatic rings. The van der Waals surface area contributed by atoms with Gasteiger partial charge in [0.05, 0.1) is 11.0 Å². The Morgan fingerprint density at radius 3 is 2.64 bits per heavy atom. The maximum absolute atomic E-state index is 11.8. The zero-order chi connectivity index (χ0) is 27.1. The lowest BCUT2D eigenvalue weighted by molar-refractivity contribution is -0.385. The van der Waals surface area contributed by atoms with Crippen LogP contribution >= 0.6 is 0 Å². The van der Waals surface area contributed by atoms with Gasteiger partial charge in [-0.05, 0) is 91.2 Å². The molecule has 1 N–H and O–H groups in total. The summed E-state index contributed by atoms with van der Waals surface area (Å²) in [7, 11) is 0. The minimum atomic E-state index is -1.14. The number of nitrogens with zero attached hydrogens (tertiary/aromatic N) is 1. The third-order valence-corrected chi connectivity index (χ3v) is 9.54. The standard InChI is InChI=1S/C32H33NO6/c1-32-16-15-25-24-12-9-23(38-19-20-5-3-2-4-6-20)17-21(24)7-10-26(25)28(32)13-14-30(32)39-29-18-22(33(36)37)8-11-27(29)31(34)35/h2-6,8-9,11-12,17-18,25-26,28,30H,7,10,13-16,19H2,1H3,(H,34,35)/t25-,26-,28+,30-,32+/m1/s1. The van der Waals surface area contributed by atoms with Crippen LogP contribution in [0.15, 0.2) is 66.7 Å². The first-order chi connectivity index (χ1) is 18.8. The number of carboxylic acids is 1. The number of fused-ring (bicyclic) bond motifs is 5. The van der Waals surface area contributed by atoms with Crippen LogP contribution in [0.3, 0.4) is 0 Å². The molecule has 0 aliphatic heterocycles. The molecule has 7 nitrogen and oxygen atoms in total. The van der Waals surface area contributed by atoms with E-state index in [1.807, 2.05) is 18.2 Å². The van der Waals surface area contributed by atoms with E-state index in [9.17, 15) is 20.0 Å². The molecule has 202 valence electrons. The molecular formula is C32H33NO6. The van der Waals surface area contributed by atoms with Gasteiger partial charge in [-0.25, -0.2) is 4.79 Å². The van der Waals surface area contributed by atoms with Gasteiger partial charge in [-0.15, -0.1) is 0 Å². The summed E-state index contributed by atoms with van der Waals surface area (Å²) in [5.41, 5.74) is 3.70. The zero-order valence-corrected chi connectivity index (χ0v) is 22.0. The molecule has 7 heteroatoms. The molecule has 2 fully saturated rings. The highest BCUT2D eigenvalue weighted by Gasteiger charge is 2.56. The Morgan fingerprint density at radius 1 is 1.05 bits per heavy atom. The highest BCUT2D eigenvalue weighted by molar-refractivity contribution is 5.91. The first kappa shape index (κ1) is 25.4. The molecule has 5 atom stereocenters. The normalized spacial score (nSPS) is 27.1. The molecule has 6 rings (SSSR count). The third-order valence-electron chi connectivity index (χ3n) is 9.54. The molecule has 2 saturated carbocycles. The van der Waals surface area contributed by atoms with E-state index in [1.165, 1.54) is 29.3 Å².